The van der Waals surface area contributed by atoms with E-state index in [-0.39, 0.29) is 30.2 Å². The molecular weight excluding hydrogens is 506 g/mol. The summed E-state index contributed by atoms with van der Waals surface area (Å²) in [5, 5.41) is 7.69. The van der Waals surface area contributed by atoms with Gasteiger partial charge < -0.3 is 24.8 Å². The summed E-state index contributed by atoms with van der Waals surface area (Å²) in [6.45, 7) is 0.547. The second-order valence-electron chi connectivity index (χ2n) is 7.80. The number of nitrogens with one attached hydrogen (secondary N) is 2. The summed E-state index contributed by atoms with van der Waals surface area (Å²) >= 11 is 0. The SMILES string of the molecule is O=C(Cn1cc(C(=O)NC(F)C(F)F)c(=O)n2nc(C(=O)N3CCOCC3)cc12)Nc1ccc(F)cn1. The van der Waals surface area contributed by atoms with Crippen LogP contribution in [0.1, 0.15) is 20.8 Å². The second-order valence-corrected chi connectivity index (χ2v) is 7.80. The van der Waals surface area contributed by atoms with Gasteiger partial charge >= 0.3 is 0 Å². The number of ether oxygens (including phenoxy) is 1. The summed E-state index contributed by atoms with van der Waals surface area (Å²) in [6.07, 6.45) is -4.88. The third-order valence-electron chi connectivity index (χ3n) is 5.25. The molecule has 0 aliphatic carbocycles. The summed E-state index contributed by atoms with van der Waals surface area (Å²) in [5.74, 6) is -3.41. The van der Waals surface area contributed by atoms with E-state index in [2.05, 4.69) is 15.4 Å². The van der Waals surface area contributed by atoms with E-state index in [9.17, 15) is 36.7 Å². The predicted molar refractivity (Wildman–Crippen MR) is 117 cm³/mol. The van der Waals surface area contributed by atoms with Crippen molar-refractivity contribution in [3.8, 4) is 0 Å². The van der Waals surface area contributed by atoms with Crippen LogP contribution in [0.3, 0.4) is 0 Å². The van der Waals surface area contributed by atoms with Gasteiger partial charge in [0.05, 0.1) is 19.4 Å². The zero-order valence-corrected chi connectivity index (χ0v) is 18.9. The fraction of sp³-hybridized carbons (Fsp3) is 0.333. The molecule has 0 aromatic carbocycles. The number of aromatic nitrogens is 4. The highest BCUT2D eigenvalue weighted by Crippen LogP contribution is 2.12. The quantitative estimate of drug-likeness (QED) is 0.337. The van der Waals surface area contributed by atoms with Gasteiger partial charge in [-0.05, 0) is 12.1 Å². The molecule has 1 saturated heterocycles. The standard InChI is InChI=1S/C21H19F4N7O5/c22-11-1-2-14(26-8-11)27-15(33)10-31-9-12(19(34)28-18(25)17(23)24)20(35)32-16(31)7-13(29-32)21(36)30-3-5-37-6-4-30/h1-2,7-9,17-18H,3-6,10H2,(H,28,34)(H,26,27,33). The van der Waals surface area contributed by atoms with Gasteiger partial charge in [-0.25, -0.2) is 22.5 Å². The number of morpholine rings is 1. The molecule has 1 unspecified atom stereocenters. The van der Waals surface area contributed by atoms with Gasteiger partial charge in [0.25, 0.3) is 23.8 Å². The third-order valence-corrected chi connectivity index (χ3v) is 5.25. The average Bonchev–Trinajstić information content (AvgIpc) is 3.33. The number of amides is 3. The molecule has 0 radical (unpaired) electrons. The lowest BCUT2D eigenvalue weighted by Crippen LogP contribution is -2.41. The molecule has 16 heteroatoms. The first kappa shape index (κ1) is 25.7. The van der Waals surface area contributed by atoms with Crippen LogP contribution in [0.25, 0.3) is 5.65 Å². The number of carbonyl (C=O) groups excluding carboxylic acids is 3. The van der Waals surface area contributed by atoms with Crippen molar-refractivity contribution in [1.82, 2.24) is 29.4 Å². The van der Waals surface area contributed by atoms with E-state index < -0.39 is 53.9 Å². The van der Waals surface area contributed by atoms with Crippen LogP contribution in [-0.2, 0) is 16.1 Å². The molecule has 1 atom stereocenters. The van der Waals surface area contributed by atoms with E-state index in [4.69, 9.17) is 4.74 Å². The highest BCUT2D eigenvalue weighted by molar-refractivity contribution is 5.96. The molecule has 196 valence electrons. The molecule has 3 aromatic rings. The number of hydrogen-bond acceptors (Lipinski definition) is 7. The second kappa shape index (κ2) is 10.7. The predicted octanol–water partition coefficient (Wildman–Crippen LogP) is 0.432. The first-order valence-electron chi connectivity index (χ1n) is 10.8. The molecule has 0 spiro atoms. The number of anilines is 1. The summed E-state index contributed by atoms with van der Waals surface area (Å²) in [6, 6.07) is 3.46. The molecule has 3 aromatic heterocycles. The van der Waals surface area contributed by atoms with Crippen LogP contribution in [0.15, 0.2) is 35.4 Å². The van der Waals surface area contributed by atoms with Crippen molar-refractivity contribution in [3.05, 3.63) is 58.0 Å². The Morgan fingerprint density at radius 3 is 2.51 bits per heavy atom. The number of alkyl halides is 3. The van der Waals surface area contributed by atoms with E-state index in [0.717, 1.165) is 23.0 Å². The zero-order valence-electron chi connectivity index (χ0n) is 18.9. The number of hydrogen-bond donors (Lipinski definition) is 2. The number of fused-ring (bicyclic) bond motifs is 1. The first-order chi connectivity index (χ1) is 17.6. The van der Waals surface area contributed by atoms with E-state index in [1.54, 1.807) is 0 Å². The number of pyridine rings is 1. The summed E-state index contributed by atoms with van der Waals surface area (Å²) in [7, 11) is 0. The molecule has 0 bridgehead atoms. The Bertz CT molecular complexity index is 1390. The van der Waals surface area contributed by atoms with Gasteiger partial charge in [0.2, 0.25) is 12.2 Å². The van der Waals surface area contributed by atoms with Crippen LogP contribution >= 0.6 is 0 Å². The molecule has 3 amide bonds. The van der Waals surface area contributed by atoms with E-state index in [1.807, 2.05) is 0 Å². The van der Waals surface area contributed by atoms with Gasteiger partial charge in [-0.15, -0.1) is 0 Å². The lowest BCUT2D eigenvalue weighted by Gasteiger charge is -2.25. The highest BCUT2D eigenvalue weighted by atomic mass is 19.3. The van der Waals surface area contributed by atoms with Gasteiger partial charge in [0.15, 0.2) is 5.69 Å². The van der Waals surface area contributed by atoms with Gasteiger partial charge in [-0.3, -0.25) is 19.2 Å². The molecule has 1 fully saturated rings. The molecule has 12 nitrogen and oxygen atoms in total. The lowest BCUT2D eigenvalue weighted by molar-refractivity contribution is -0.116. The first-order valence-corrected chi connectivity index (χ1v) is 10.8. The molecule has 1 aliphatic heterocycles. The molecule has 0 saturated carbocycles. The Kier molecular flexibility index (Phi) is 7.47. The minimum atomic E-state index is -3.55. The maximum absolute atomic E-state index is 13.4. The third kappa shape index (κ3) is 5.74. The van der Waals surface area contributed by atoms with Gasteiger partial charge in [-0.2, -0.15) is 9.61 Å². The van der Waals surface area contributed by atoms with Crippen molar-refractivity contribution >= 4 is 29.2 Å². The van der Waals surface area contributed by atoms with Crippen molar-refractivity contribution in [2.75, 3.05) is 31.6 Å². The maximum Gasteiger partial charge on any atom is 0.287 e. The highest BCUT2D eigenvalue weighted by Gasteiger charge is 2.27. The largest absolute Gasteiger partial charge is 0.378 e. The fourth-order valence-corrected chi connectivity index (χ4v) is 3.48. The van der Waals surface area contributed by atoms with Crippen molar-refractivity contribution in [2.24, 2.45) is 0 Å². The van der Waals surface area contributed by atoms with E-state index in [0.29, 0.717) is 17.7 Å². The van der Waals surface area contributed by atoms with Crippen LogP contribution in [-0.4, -0.2) is 80.8 Å². The average molecular weight is 525 g/mol. The maximum atomic E-state index is 13.4. The minimum Gasteiger partial charge on any atom is -0.378 e. The number of rotatable bonds is 7. The van der Waals surface area contributed by atoms with Gasteiger partial charge in [0.1, 0.15) is 29.4 Å². The molecular formula is C21H19F4N7O5. The van der Waals surface area contributed by atoms with Crippen molar-refractivity contribution < 1.29 is 36.7 Å². The Morgan fingerprint density at radius 2 is 1.86 bits per heavy atom. The Labute approximate surface area is 204 Å². The van der Waals surface area contributed by atoms with E-state index >= 15 is 0 Å². The van der Waals surface area contributed by atoms with E-state index in [1.165, 1.54) is 22.3 Å². The van der Waals surface area contributed by atoms with Crippen LogP contribution < -0.4 is 16.2 Å². The van der Waals surface area contributed by atoms with Crippen LogP contribution in [0.5, 0.6) is 0 Å². The molecule has 4 heterocycles. The smallest absolute Gasteiger partial charge is 0.287 e. The minimum absolute atomic E-state index is 0.00433. The van der Waals surface area contributed by atoms with Crippen molar-refractivity contribution in [2.45, 2.75) is 19.3 Å². The van der Waals surface area contributed by atoms with Gasteiger partial charge in [0, 0.05) is 25.4 Å². The normalized spacial score (nSPS) is 14.6. The number of nitrogens with zero attached hydrogens (tertiary/aromatic N) is 5. The summed E-state index contributed by atoms with van der Waals surface area (Å²) < 4.78 is 58.6. The zero-order chi connectivity index (χ0) is 26.7. The summed E-state index contributed by atoms with van der Waals surface area (Å²) in [5.41, 5.74) is -2.23. The summed E-state index contributed by atoms with van der Waals surface area (Å²) in [4.78, 5) is 55.9. The lowest BCUT2D eigenvalue weighted by atomic mass is 10.3. The molecule has 4 rings (SSSR count). The Morgan fingerprint density at radius 1 is 1.14 bits per heavy atom. The molecule has 37 heavy (non-hydrogen) atoms. The Hall–Kier alpha value is -4.34. The molecule has 1 aliphatic rings. The monoisotopic (exact) mass is 525 g/mol. The number of carbonyl (C=O) groups is 3. The van der Waals surface area contributed by atoms with Crippen LogP contribution in [0.4, 0.5) is 23.4 Å². The number of halogens is 4. The fourth-order valence-electron chi connectivity index (χ4n) is 3.48. The van der Waals surface area contributed by atoms with Gasteiger partial charge in [-0.1, -0.05) is 0 Å². The van der Waals surface area contributed by atoms with Crippen molar-refractivity contribution in [1.29, 1.82) is 0 Å². The van der Waals surface area contributed by atoms with Crippen LogP contribution in [0.2, 0.25) is 0 Å². The Balaban J connectivity index is 1.71. The molecule has 2 N–H and O–H groups in total. The van der Waals surface area contributed by atoms with Crippen LogP contribution in [0, 0.1) is 5.82 Å². The topological polar surface area (TPSA) is 140 Å². The van der Waals surface area contributed by atoms with Crippen molar-refractivity contribution in [3.63, 3.8) is 0 Å².